The van der Waals surface area contributed by atoms with Crippen molar-refractivity contribution in [3.63, 3.8) is 0 Å². The Morgan fingerprint density at radius 2 is 2.05 bits per heavy atom. The number of hydrogen-bond acceptors (Lipinski definition) is 2. The van der Waals surface area contributed by atoms with Crippen LogP contribution in [-0.4, -0.2) is 25.0 Å². The highest BCUT2D eigenvalue weighted by molar-refractivity contribution is 9.10. The number of anilines is 1. The molecule has 1 saturated carbocycles. The third-order valence-electron chi connectivity index (χ3n) is 3.12. The van der Waals surface area contributed by atoms with Crippen molar-refractivity contribution in [2.45, 2.75) is 19.8 Å². The summed E-state index contributed by atoms with van der Waals surface area (Å²) >= 11 is 3.40. The smallest absolute Gasteiger partial charge is 0.319 e. The molecule has 0 aromatic heterocycles. The molecule has 1 aromatic rings. The minimum atomic E-state index is -0.387. The Kier molecular flexibility index (Phi) is 5.00. The van der Waals surface area contributed by atoms with E-state index >= 15 is 0 Å². The summed E-state index contributed by atoms with van der Waals surface area (Å²) in [5.41, 5.74) is 1.77. The van der Waals surface area contributed by atoms with Gasteiger partial charge >= 0.3 is 6.03 Å². The maximum absolute atomic E-state index is 11.6. The van der Waals surface area contributed by atoms with E-state index in [-0.39, 0.29) is 18.5 Å². The summed E-state index contributed by atoms with van der Waals surface area (Å²) in [5.74, 6) is 0.481. The lowest BCUT2D eigenvalue weighted by Gasteiger charge is -2.09. The van der Waals surface area contributed by atoms with Gasteiger partial charge < -0.3 is 16.0 Å². The molecular formula is C14H18BrN3O2. The standard InChI is InChI=1S/C14H18BrN3O2/c1-9-2-5-11(6-12(9)15)18-14(20)17-8-13(19)16-7-10-3-4-10/h2,5-6,10H,3-4,7-8H2,1H3,(H,16,19)(H2,17,18,20). The summed E-state index contributed by atoms with van der Waals surface area (Å²) in [6, 6.07) is 5.15. The molecule has 1 aliphatic rings. The number of halogens is 1. The van der Waals surface area contributed by atoms with Crippen molar-refractivity contribution in [1.82, 2.24) is 10.6 Å². The minimum Gasteiger partial charge on any atom is -0.354 e. The highest BCUT2D eigenvalue weighted by atomic mass is 79.9. The fourth-order valence-corrected chi connectivity index (χ4v) is 2.03. The third kappa shape index (κ3) is 4.85. The maximum atomic E-state index is 11.6. The Morgan fingerprint density at radius 1 is 1.30 bits per heavy atom. The first kappa shape index (κ1) is 14.8. The quantitative estimate of drug-likeness (QED) is 0.770. The van der Waals surface area contributed by atoms with Crippen LogP contribution in [0.2, 0.25) is 0 Å². The Balaban J connectivity index is 1.71. The Hall–Kier alpha value is -1.56. The SMILES string of the molecule is Cc1ccc(NC(=O)NCC(=O)NCC2CC2)cc1Br. The summed E-state index contributed by atoms with van der Waals surface area (Å²) in [5, 5.41) is 8.01. The normalized spacial score (nSPS) is 13.7. The van der Waals surface area contributed by atoms with E-state index in [4.69, 9.17) is 0 Å². The third-order valence-corrected chi connectivity index (χ3v) is 3.98. The van der Waals surface area contributed by atoms with Gasteiger partial charge in [0.05, 0.1) is 6.54 Å². The predicted octanol–water partition coefficient (Wildman–Crippen LogP) is 2.41. The van der Waals surface area contributed by atoms with Gasteiger partial charge in [0.1, 0.15) is 0 Å². The molecule has 1 aliphatic carbocycles. The van der Waals surface area contributed by atoms with Crippen LogP contribution < -0.4 is 16.0 Å². The molecule has 20 heavy (non-hydrogen) atoms. The Labute approximate surface area is 126 Å². The van der Waals surface area contributed by atoms with Crippen LogP contribution in [0.4, 0.5) is 10.5 Å². The molecule has 0 aliphatic heterocycles. The van der Waals surface area contributed by atoms with E-state index in [1.165, 1.54) is 12.8 Å². The van der Waals surface area contributed by atoms with Gasteiger partial charge in [0, 0.05) is 16.7 Å². The molecule has 3 N–H and O–H groups in total. The lowest BCUT2D eigenvalue weighted by Crippen LogP contribution is -2.39. The van der Waals surface area contributed by atoms with Crippen molar-refractivity contribution in [1.29, 1.82) is 0 Å². The van der Waals surface area contributed by atoms with Crippen LogP contribution in [0.15, 0.2) is 22.7 Å². The first-order valence-corrected chi connectivity index (χ1v) is 7.41. The summed E-state index contributed by atoms with van der Waals surface area (Å²) in [6.45, 7) is 2.68. The number of hydrogen-bond donors (Lipinski definition) is 3. The number of amides is 3. The molecule has 5 nitrogen and oxygen atoms in total. The van der Waals surface area contributed by atoms with Crippen molar-refractivity contribution < 1.29 is 9.59 Å². The van der Waals surface area contributed by atoms with Crippen LogP contribution in [-0.2, 0) is 4.79 Å². The van der Waals surface area contributed by atoms with Gasteiger partial charge in [-0.3, -0.25) is 4.79 Å². The molecule has 6 heteroatoms. The second kappa shape index (κ2) is 6.74. The number of nitrogens with one attached hydrogen (secondary N) is 3. The molecule has 3 amide bonds. The average molecular weight is 340 g/mol. The van der Waals surface area contributed by atoms with E-state index in [0.29, 0.717) is 18.2 Å². The number of rotatable bonds is 5. The summed E-state index contributed by atoms with van der Waals surface area (Å²) < 4.78 is 0.928. The van der Waals surface area contributed by atoms with Gasteiger partial charge in [-0.2, -0.15) is 0 Å². The van der Waals surface area contributed by atoms with Gasteiger partial charge in [0.25, 0.3) is 0 Å². The second-order valence-electron chi connectivity index (χ2n) is 5.02. The first-order chi connectivity index (χ1) is 9.54. The van der Waals surface area contributed by atoms with Crippen molar-refractivity contribution in [3.05, 3.63) is 28.2 Å². The summed E-state index contributed by atoms with van der Waals surface area (Å²) in [7, 11) is 0. The number of benzene rings is 1. The zero-order valence-corrected chi connectivity index (χ0v) is 12.9. The molecule has 1 fully saturated rings. The van der Waals surface area contributed by atoms with E-state index in [2.05, 4.69) is 31.9 Å². The molecule has 0 atom stereocenters. The highest BCUT2D eigenvalue weighted by Gasteiger charge is 2.21. The Bertz CT molecular complexity index is 515. The van der Waals surface area contributed by atoms with E-state index in [1.54, 1.807) is 0 Å². The number of carbonyl (C=O) groups excluding carboxylic acids is 2. The molecule has 0 bridgehead atoms. The van der Waals surface area contributed by atoms with Crippen molar-refractivity contribution in [2.75, 3.05) is 18.4 Å². The van der Waals surface area contributed by atoms with E-state index in [9.17, 15) is 9.59 Å². The monoisotopic (exact) mass is 339 g/mol. The second-order valence-corrected chi connectivity index (χ2v) is 5.87. The molecule has 108 valence electrons. The van der Waals surface area contributed by atoms with Crippen LogP contribution in [0.3, 0.4) is 0 Å². The van der Waals surface area contributed by atoms with Crippen LogP contribution in [0.25, 0.3) is 0 Å². The molecule has 0 heterocycles. The average Bonchev–Trinajstić information content (AvgIpc) is 3.22. The van der Waals surface area contributed by atoms with E-state index < -0.39 is 0 Å². The zero-order chi connectivity index (χ0) is 14.5. The number of urea groups is 1. The van der Waals surface area contributed by atoms with Crippen molar-refractivity contribution >= 4 is 33.6 Å². The minimum absolute atomic E-state index is 0.00835. The van der Waals surface area contributed by atoms with Crippen molar-refractivity contribution in [2.24, 2.45) is 5.92 Å². The van der Waals surface area contributed by atoms with E-state index in [0.717, 1.165) is 10.0 Å². The van der Waals surface area contributed by atoms with Crippen LogP contribution in [0, 0.1) is 12.8 Å². The van der Waals surface area contributed by atoms with Crippen LogP contribution in [0.1, 0.15) is 18.4 Å². The van der Waals surface area contributed by atoms with Crippen LogP contribution >= 0.6 is 15.9 Å². The predicted molar refractivity (Wildman–Crippen MR) is 81.6 cm³/mol. The fraction of sp³-hybridized carbons (Fsp3) is 0.429. The summed E-state index contributed by atoms with van der Waals surface area (Å²) in [6.07, 6.45) is 2.38. The zero-order valence-electron chi connectivity index (χ0n) is 11.3. The van der Waals surface area contributed by atoms with Gasteiger partial charge in [0.2, 0.25) is 5.91 Å². The summed E-state index contributed by atoms with van der Waals surface area (Å²) in [4.78, 5) is 23.1. The van der Waals surface area contributed by atoms with Gasteiger partial charge in [-0.25, -0.2) is 4.79 Å². The lowest BCUT2D eigenvalue weighted by molar-refractivity contribution is -0.120. The molecule has 0 radical (unpaired) electrons. The molecular weight excluding hydrogens is 322 g/mol. The fourth-order valence-electron chi connectivity index (χ4n) is 1.65. The Morgan fingerprint density at radius 3 is 2.70 bits per heavy atom. The number of carbonyl (C=O) groups is 2. The largest absolute Gasteiger partial charge is 0.354 e. The maximum Gasteiger partial charge on any atom is 0.319 e. The topological polar surface area (TPSA) is 70.2 Å². The molecule has 0 unspecified atom stereocenters. The molecule has 0 saturated heterocycles. The van der Waals surface area contributed by atoms with E-state index in [1.807, 2.05) is 25.1 Å². The first-order valence-electron chi connectivity index (χ1n) is 6.62. The van der Waals surface area contributed by atoms with Gasteiger partial charge in [-0.05, 0) is 43.4 Å². The lowest BCUT2D eigenvalue weighted by atomic mass is 10.2. The molecule has 1 aromatic carbocycles. The van der Waals surface area contributed by atoms with Crippen LogP contribution in [0.5, 0.6) is 0 Å². The van der Waals surface area contributed by atoms with Crippen molar-refractivity contribution in [3.8, 4) is 0 Å². The van der Waals surface area contributed by atoms with Gasteiger partial charge in [0.15, 0.2) is 0 Å². The number of aryl methyl sites for hydroxylation is 1. The highest BCUT2D eigenvalue weighted by Crippen LogP contribution is 2.27. The molecule has 0 spiro atoms. The van der Waals surface area contributed by atoms with Gasteiger partial charge in [-0.15, -0.1) is 0 Å². The molecule has 2 rings (SSSR count). The van der Waals surface area contributed by atoms with Gasteiger partial charge in [-0.1, -0.05) is 22.0 Å².